The summed E-state index contributed by atoms with van der Waals surface area (Å²) in [5, 5.41) is 3.05. The molecule has 2 heterocycles. The molecule has 1 aromatic heterocycles. The zero-order valence-corrected chi connectivity index (χ0v) is 19.0. The third kappa shape index (κ3) is 5.19. The quantitative estimate of drug-likeness (QED) is 0.651. The maximum atomic E-state index is 12.4. The fraction of sp³-hybridized carbons (Fsp3) is 0.619. The first kappa shape index (κ1) is 22.7. The molecule has 1 aliphatic heterocycles. The Morgan fingerprint density at radius 1 is 1.40 bits per heavy atom. The lowest BCUT2D eigenvalue weighted by atomic mass is 10.1. The zero-order chi connectivity index (χ0) is 21.9. The highest BCUT2D eigenvalue weighted by atomic mass is 32.2. The van der Waals surface area contributed by atoms with Crippen molar-refractivity contribution in [3.8, 4) is 0 Å². The van der Waals surface area contributed by atoms with Crippen molar-refractivity contribution in [3.63, 3.8) is 0 Å². The number of nitrogens with zero attached hydrogens (tertiary/aromatic N) is 3. The molecule has 8 nitrogen and oxygen atoms in total. The summed E-state index contributed by atoms with van der Waals surface area (Å²) in [6, 6.07) is 5.04. The Bertz CT molecular complexity index is 994. The van der Waals surface area contributed by atoms with Crippen LogP contribution >= 0.6 is 0 Å². The molecule has 1 N–H and O–H groups in total. The molecule has 30 heavy (non-hydrogen) atoms. The van der Waals surface area contributed by atoms with Crippen LogP contribution in [0.2, 0.25) is 0 Å². The van der Waals surface area contributed by atoms with E-state index in [2.05, 4.69) is 10.3 Å². The predicted molar refractivity (Wildman–Crippen MR) is 116 cm³/mol. The van der Waals surface area contributed by atoms with E-state index >= 15 is 0 Å². The topological polar surface area (TPSA) is 93.5 Å². The van der Waals surface area contributed by atoms with Gasteiger partial charge in [0.2, 0.25) is 15.9 Å². The summed E-state index contributed by atoms with van der Waals surface area (Å²) in [5.74, 6) is 0.754. The number of aryl methyl sites for hydroxylation is 2. The van der Waals surface area contributed by atoms with Crippen LogP contribution in [0.15, 0.2) is 23.1 Å². The van der Waals surface area contributed by atoms with Crippen LogP contribution in [0.5, 0.6) is 0 Å². The number of sulfonamides is 1. The standard InChI is InChI=1S/C21H32N4O4S/c1-15(7-8-16-6-5-13-29-16)22-21(26)12-11-20-23-18-14-17(30(27,28)24(2)3)9-10-19(18)25(20)4/h9-10,14-16H,5-8,11-13H2,1-4H3,(H,22,26). The fourth-order valence-electron chi connectivity index (χ4n) is 3.78. The van der Waals surface area contributed by atoms with Gasteiger partial charge >= 0.3 is 0 Å². The second-order valence-electron chi connectivity index (χ2n) is 8.21. The molecule has 0 radical (unpaired) electrons. The van der Waals surface area contributed by atoms with Crippen molar-refractivity contribution < 1.29 is 17.9 Å². The highest BCUT2D eigenvalue weighted by Crippen LogP contribution is 2.22. The molecule has 3 rings (SSSR count). The number of imidazole rings is 1. The number of benzene rings is 1. The first-order valence-corrected chi connectivity index (χ1v) is 11.9. The summed E-state index contributed by atoms with van der Waals surface area (Å²) >= 11 is 0. The second-order valence-corrected chi connectivity index (χ2v) is 10.4. The van der Waals surface area contributed by atoms with Gasteiger partial charge < -0.3 is 14.6 Å². The van der Waals surface area contributed by atoms with Gasteiger partial charge in [-0.25, -0.2) is 17.7 Å². The van der Waals surface area contributed by atoms with Crippen LogP contribution in [-0.4, -0.2) is 61.0 Å². The molecule has 2 atom stereocenters. The molecular weight excluding hydrogens is 404 g/mol. The van der Waals surface area contributed by atoms with Gasteiger partial charge in [0.1, 0.15) is 5.82 Å². The summed E-state index contributed by atoms with van der Waals surface area (Å²) in [4.78, 5) is 17.1. The monoisotopic (exact) mass is 436 g/mol. The lowest BCUT2D eigenvalue weighted by Gasteiger charge is -2.16. The van der Waals surface area contributed by atoms with Gasteiger partial charge in [-0.3, -0.25) is 4.79 Å². The van der Waals surface area contributed by atoms with Crippen molar-refractivity contribution >= 4 is 27.0 Å². The molecular formula is C21H32N4O4S. The number of hydrogen-bond acceptors (Lipinski definition) is 5. The first-order chi connectivity index (χ1) is 14.2. The Hall–Kier alpha value is -1.97. The van der Waals surface area contributed by atoms with Crippen molar-refractivity contribution in [2.24, 2.45) is 7.05 Å². The predicted octanol–water partition coefficient (Wildman–Crippen LogP) is 2.22. The molecule has 1 saturated heterocycles. The Morgan fingerprint density at radius 3 is 2.83 bits per heavy atom. The molecule has 0 spiro atoms. The first-order valence-electron chi connectivity index (χ1n) is 10.5. The number of rotatable bonds is 9. The third-order valence-corrected chi connectivity index (χ3v) is 7.46. The third-order valence-electron chi connectivity index (χ3n) is 5.65. The number of nitrogens with one attached hydrogen (secondary N) is 1. The number of amides is 1. The Kier molecular flexibility index (Phi) is 7.15. The number of hydrogen-bond donors (Lipinski definition) is 1. The average Bonchev–Trinajstić information content (AvgIpc) is 3.32. The minimum atomic E-state index is -3.51. The summed E-state index contributed by atoms with van der Waals surface area (Å²) in [5.41, 5.74) is 1.45. The summed E-state index contributed by atoms with van der Waals surface area (Å²) in [6.07, 6.45) is 5.30. The number of carbonyl (C=O) groups excluding carboxylic acids is 1. The van der Waals surface area contributed by atoms with Crippen molar-refractivity contribution in [2.45, 2.75) is 62.5 Å². The SMILES string of the molecule is CC(CCC1CCCO1)NC(=O)CCc1nc2cc(S(=O)(=O)N(C)C)ccc2n1C. The van der Waals surface area contributed by atoms with Crippen molar-refractivity contribution in [1.29, 1.82) is 0 Å². The van der Waals surface area contributed by atoms with Gasteiger partial charge in [-0.2, -0.15) is 0 Å². The van der Waals surface area contributed by atoms with E-state index in [1.54, 1.807) is 18.2 Å². The molecule has 1 aromatic carbocycles. The number of carbonyl (C=O) groups is 1. The maximum absolute atomic E-state index is 12.4. The summed E-state index contributed by atoms with van der Waals surface area (Å²) < 4.78 is 33.4. The van der Waals surface area contributed by atoms with Crippen LogP contribution in [0.4, 0.5) is 0 Å². The van der Waals surface area contributed by atoms with E-state index in [1.165, 1.54) is 18.4 Å². The van der Waals surface area contributed by atoms with Gasteiger partial charge in [0.15, 0.2) is 0 Å². The second kappa shape index (κ2) is 9.45. The summed E-state index contributed by atoms with van der Waals surface area (Å²) in [6.45, 7) is 2.88. The van der Waals surface area contributed by atoms with E-state index in [0.29, 0.717) is 24.5 Å². The molecule has 1 amide bonds. The van der Waals surface area contributed by atoms with E-state index in [1.807, 2.05) is 18.5 Å². The van der Waals surface area contributed by atoms with Crippen molar-refractivity contribution in [1.82, 2.24) is 19.2 Å². The normalized spacial score (nSPS) is 18.2. The number of aromatic nitrogens is 2. The lowest BCUT2D eigenvalue weighted by Crippen LogP contribution is -2.33. The molecule has 0 bridgehead atoms. The van der Waals surface area contributed by atoms with E-state index in [0.717, 1.165) is 43.6 Å². The minimum Gasteiger partial charge on any atom is -0.378 e. The van der Waals surface area contributed by atoms with Crippen LogP contribution in [0, 0.1) is 0 Å². The maximum Gasteiger partial charge on any atom is 0.242 e. The van der Waals surface area contributed by atoms with Gasteiger partial charge in [0.25, 0.3) is 0 Å². The Morgan fingerprint density at radius 2 is 2.17 bits per heavy atom. The summed E-state index contributed by atoms with van der Waals surface area (Å²) in [7, 11) is 1.38. The number of ether oxygens (including phenoxy) is 1. The molecule has 166 valence electrons. The highest BCUT2D eigenvalue weighted by molar-refractivity contribution is 7.89. The average molecular weight is 437 g/mol. The van der Waals surface area contributed by atoms with Gasteiger partial charge in [-0.05, 0) is 50.8 Å². The highest BCUT2D eigenvalue weighted by Gasteiger charge is 2.20. The molecule has 2 aromatic rings. The van der Waals surface area contributed by atoms with E-state index in [9.17, 15) is 13.2 Å². The van der Waals surface area contributed by atoms with E-state index < -0.39 is 10.0 Å². The largest absolute Gasteiger partial charge is 0.378 e. The van der Waals surface area contributed by atoms with Crippen LogP contribution in [0.3, 0.4) is 0 Å². The van der Waals surface area contributed by atoms with Crippen LogP contribution in [-0.2, 0) is 33.0 Å². The van der Waals surface area contributed by atoms with E-state index in [4.69, 9.17) is 4.74 Å². The van der Waals surface area contributed by atoms with Crippen molar-refractivity contribution in [3.05, 3.63) is 24.0 Å². The van der Waals surface area contributed by atoms with Gasteiger partial charge in [-0.15, -0.1) is 0 Å². The van der Waals surface area contributed by atoms with Crippen LogP contribution < -0.4 is 5.32 Å². The van der Waals surface area contributed by atoms with Crippen molar-refractivity contribution in [2.75, 3.05) is 20.7 Å². The smallest absolute Gasteiger partial charge is 0.242 e. The van der Waals surface area contributed by atoms with E-state index in [-0.39, 0.29) is 16.8 Å². The Balaban J connectivity index is 1.58. The van der Waals surface area contributed by atoms with Gasteiger partial charge in [0.05, 0.1) is 22.0 Å². The molecule has 1 aliphatic rings. The fourth-order valence-corrected chi connectivity index (χ4v) is 4.70. The molecule has 1 fully saturated rings. The molecule has 9 heteroatoms. The van der Waals surface area contributed by atoms with Gasteiger partial charge in [0, 0.05) is 46.6 Å². The molecule has 2 unspecified atom stereocenters. The van der Waals surface area contributed by atoms with Crippen LogP contribution in [0.1, 0.15) is 44.9 Å². The zero-order valence-electron chi connectivity index (χ0n) is 18.2. The Labute approximate surface area is 178 Å². The lowest BCUT2D eigenvalue weighted by molar-refractivity contribution is -0.121. The molecule has 0 aliphatic carbocycles. The van der Waals surface area contributed by atoms with Gasteiger partial charge in [-0.1, -0.05) is 0 Å². The van der Waals surface area contributed by atoms with Crippen LogP contribution in [0.25, 0.3) is 11.0 Å². The minimum absolute atomic E-state index is 0.00206. The number of fused-ring (bicyclic) bond motifs is 1. The molecule has 0 saturated carbocycles.